The summed E-state index contributed by atoms with van der Waals surface area (Å²) < 4.78 is 9.89. The second kappa shape index (κ2) is 8.49. The van der Waals surface area contributed by atoms with Crippen LogP contribution in [0.2, 0.25) is 5.15 Å². The number of ether oxygens (including phenoxy) is 2. The van der Waals surface area contributed by atoms with Crippen molar-refractivity contribution in [2.24, 2.45) is 0 Å². The minimum absolute atomic E-state index is 0.0259. The molecule has 0 atom stereocenters. The molecule has 2 heterocycles. The molecule has 0 aromatic carbocycles. The Morgan fingerprint density at radius 3 is 2.46 bits per heavy atom. The molecule has 0 saturated carbocycles. The number of hydrogen-bond acceptors (Lipinski definition) is 6. The van der Waals surface area contributed by atoms with Crippen molar-refractivity contribution in [2.75, 3.05) is 39.4 Å². The first kappa shape index (κ1) is 18.0. The zero-order chi connectivity index (χ0) is 17.5. The highest BCUT2D eigenvalue weighted by Gasteiger charge is 2.25. The zero-order valence-electron chi connectivity index (χ0n) is 13.2. The van der Waals surface area contributed by atoms with Crippen LogP contribution < -0.4 is 0 Å². The van der Waals surface area contributed by atoms with Gasteiger partial charge in [-0.2, -0.15) is 0 Å². The number of nitrogens with zero attached hydrogens (tertiary/aromatic N) is 3. The fraction of sp³-hybridized carbons (Fsp3) is 0.467. The number of aromatic nitrogens is 1. The Morgan fingerprint density at radius 1 is 1.17 bits per heavy atom. The largest absolute Gasteiger partial charge is 0.452 e. The van der Waals surface area contributed by atoms with Crippen molar-refractivity contribution in [3.8, 4) is 0 Å². The molecule has 0 aliphatic carbocycles. The van der Waals surface area contributed by atoms with Crippen LogP contribution in [0.1, 0.15) is 17.3 Å². The van der Waals surface area contributed by atoms with Crippen molar-refractivity contribution in [1.29, 1.82) is 0 Å². The van der Waals surface area contributed by atoms with Crippen LogP contribution in [0.15, 0.2) is 18.3 Å². The summed E-state index contributed by atoms with van der Waals surface area (Å²) in [5, 5.41) is 0.0259. The predicted molar refractivity (Wildman–Crippen MR) is 84.7 cm³/mol. The molecule has 1 aromatic rings. The normalized spacial score (nSPS) is 14.2. The van der Waals surface area contributed by atoms with E-state index in [0.29, 0.717) is 32.8 Å². The average Bonchev–Trinajstić information content (AvgIpc) is 2.60. The van der Waals surface area contributed by atoms with Crippen molar-refractivity contribution < 1.29 is 23.9 Å². The third kappa shape index (κ3) is 4.58. The number of piperazine rings is 1. The van der Waals surface area contributed by atoms with Gasteiger partial charge in [0.1, 0.15) is 5.15 Å². The highest BCUT2D eigenvalue weighted by atomic mass is 35.5. The number of rotatable bonds is 4. The molecular formula is C15H18ClN3O5. The lowest BCUT2D eigenvalue weighted by Gasteiger charge is -2.33. The van der Waals surface area contributed by atoms with Crippen molar-refractivity contribution in [3.05, 3.63) is 29.0 Å². The third-order valence-corrected chi connectivity index (χ3v) is 3.77. The van der Waals surface area contributed by atoms with Crippen LogP contribution in [0, 0.1) is 0 Å². The van der Waals surface area contributed by atoms with Crippen LogP contribution in [0.25, 0.3) is 0 Å². The summed E-state index contributed by atoms with van der Waals surface area (Å²) in [5.41, 5.74) is 0.110. The molecule has 2 rings (SSSR count). The zero-order valence-corrected chi connectivity index (χ0v) is 14.0. The molecule has 24 heavy (non-hydrogen) atoms. The Bertz CT molecular complexity index is 617. The standard InChI is InChI=1S/C15H18ClN3O5/c1-2-23-15(22)19-8-6-18(7-9-19)12(20)10-24-14(21)11-4-3-5-17-13(11)16/h3-5H,2,6-10H2,1H3. The lowest BCUT2D eigenvalue weighted by atomic mass is 10.3. The predicted octanol–water partition coefficient (Wildman–Crippen LogP) is 1.19. The Balaban J connectivity index is 1.79. The summed E-state index contributed by atoms with van der Waals surface area (Å²) in [6, 6.07) is 3.03. The van der Waals surface area contributed by atoms with Crippen LogP contribution in [-0.2, 0) is 14.3 Å². The minimum Gasteiger partial charge on any atom is -0.452 e. The van der Waals surface area contributed by atoms with Gasteiger partial charge in [-0.3, -0.25) is 4.79 Å². The lowest BCUT2D eigenvalue weighted by molar-refractivity contribution is -0.136. The van der Waals surface area contributed by atoms with Gasteiger partial charge in [-0.15, -0.1) is 0 Å². The number of hydrogen-bond donors (Lipinski definition) is 0. The molecule has 2 amide bonds. The Hall–Kier alpha value is -2.35. The van der Waals surface area contributed by atoms with Crippen LogP contribution in [0.5, 0.6) is 0 Å². The summed E-state index contributed by atoms with van der Waals surface area (Å²) in [5.74, 6) is -1.03. The fourth-order valence-corrected chi connectivity index (χ4v) is 2.38. The molecule has 1 saturated heterocycles. The van der Waals surface area contributed by atoms with E-state index in [-0.39, 0.29) is 29.3 Å². The first-order chi connectivity index (χ1) is 11.5. The van der Waals surface area contributed by atoms with Crippen molar-refractivity contribution in [1.82, 2.24) is 14.8 Å². The van der Waals surface area contributed by atoms with Crippen LogP contribution in [0.4, 0.5) is 4.79 Å². The molecule has 0 N–H and O–H groups in total. The maximum Gasteiger partial charge on any atom is 0.409 e. The molecule has 9 heteroatoms. The van der Waals surface area contributed by atoms with Gasteiger partial charge in [-0.05, 0) is 19.1 Å². The van der Waals surface area contributed by atoms with Gasteiger partial charge in [-0.25, -0.2) is 14.6 Å². The van der Waals surface area contributed by atoms with E-state index < -0.39 is 5.97 Å². The van der Waals surface area contributed by atoms with Crippen molar-refractivity contribution in [2.45, 2.75) is 6.92 Å². The summed E-state index contributed by atoms with van der Waals surface area (Å²) >= 11 is 5.80. The number of pyridine rings is 1. The van der Waals surface area contributed by atoms with Crippen molar-refractivity contribution >= 4 is 29.6 Å². The quantitative estimate of drug-likeness (QED) is 0.595. The van der Waals surface area contributed by atoms with Crippen LogP contribution in [-0.4, -0.2) is 72.1 Å². The van der Waals surface area contributed by atoms with E-state index in [2.05, 4.69) is 4.98 Å². The van der Waals surface area contributed by atoms with E-state index in [1.807, 2.05) is 0 Å². The number of halogens is 1. The number of carbonyl (C=O) groups is 3. The number of carbonyl (C=O) groups excluding carboxylic acids is 3. The van der Waals surface area contributed by atoms with Gasteiger partial charge in [0.15, 0.2) is 6.61 Å². The SMILES string of the molecule is CCOC(=O)N1CCN(C(=O)COC(=O)c2cccnc2Cl)CC1. The summed E-state index contributed by atoms with van der Waals surface area (Å²) in [7, 11) is 0. The highest BCUT2D eigenvalue weighted by molar-refractivity contribution is 6.32. The summed E-state index contributed by atoms with van der Waals surface area (Å²) in [6.45, 7) is 3.15. The van der Waals surface area contributed by atoms with Gasteiger partial charge in [0.25, 0.3) is 5.91 Å². The molecule has 0 spiro atoms. The smallest absolute Gasteiger partial charge is 0.409 e. The molecule has 130 valence electrons. The summed E-state index contributed by atoms with van der Waals surface area (Å²) in [4.78, 5) is 42.4. The van der Waals surface area contributed by atoms with E-state index in [1.165, 1.54) is 22.1 Å². The van der Waals surface area contributed by atoms with E-state index in [4.69, 9.17) is 21.1 Å². The van der Waals surface area contributed by atoms with Gasteiger partial charge in [0.05, 0.1) is 12.2 Å². The minimum atomic E-state index is -0.702. The van der Waals surface area contributed by atoms with Gasteiger partial charge in [0, 0.05) is 32.4 Å². The Morgan fingerprint density at radius 2 is 1.83 bits per heavy atom. The molecule has 8 nitrogen and oxygen atoms in total. The molecule has 1 aliphatic heterocycles. The number of amides is 2. The van der Waals surface area contributed by atoms with Crippen molar-refractivity contribution in [3.63, 3.8) is 0 Å². The third-order valence-electron chi connectivity index (χ3n) is 3.46. The Labute approximate surface area is 144 Å². The van der Waals surface area contributed by atoms with Gasteiger partial charge < -0.3 is 19.3 Å². The molecule has 0 bridgehead atoms. The molecule has 1 aliphatic rings. The maximum absolute atomic E-state index is 12.1. The van der Waals surface area contributed by atoms with E-state index in [1.54, 1.807) is 13.0 Å². The molecule has 1 fully saturated rings. The maximum atomic E-state index is 12.1. The Kier molecular flexibility index (Phi) is 6.36. The van der Waals surface area contributed by atoms with E-state index in [0.717, 1.165) is 0 Å². The lowest BCUT2D eigenvalue weighted by Crippen LogP contribution is -2.51. The van der Waals surface area contributed by atoms with E-state index >= 15 is 0 Å². The van der Waals surface area contributed by atoms with E-state index in [9.17, 15) is 14.4 Å². The number of esters is 1. The molecule has 0 radical (unpaired) electrons. The van der Waals surface area contributed by atoms with Crippen LogP contribution in [0.3, 0.4) is 0 Å². The fourth-order valence-electron chi connectivity index (χ4n) is 2.19. The first-order valence-corrected chi connectivity index (χ1v) is 7.87. The average molecular weight is 356 g/mol. The molecular weight excluding hydrogens is 338 g/mol. The second-order valence-corrected chi connectivity index (χ2v) is 5.34. The molecule has 1 aromatic heterocycles. The van der Waals surface area contributed by atoms with Gasteiger partial charge in [0.2, 0.25) is 0 Å². The van der Waals surface area contributed by atoms with Crippen LogP contribution >= 0.6 is 11.6 Å². The monoisotopic (exact) mass is 355 g/mol. The van der Waals surface area contributed by atoms with Gasteiger partial charge in [-0.1, -0.05) is 11.6 Å². The molecule has 0 unspecified atom stereocenters. The highest BCUT2D eigenvalue weighted by Crippen LogP contribution is 2.13. The first-order valence-electron chi connectivity index (χ1n) is 7.50. The second-order valence-electron chi connectivity index (χ2n) is 4.98. The topological polar surface area (TPSA) is 89.0 Å². The van der Waals surface area contributed by atoms with Gasteiger partial charge >= 0.3 is 12.1 Å². The summed E-state index contributed by atoms with van der Waals surface area (Å²) in [6.07, 6.45) is 1.06.